The summed E-state index contributed by atoms with van der Waals surface area (Å²) in [6, 6.07) is 13.8. The molecule has 35 heavy (non-hydrogen) atoms. The number of aromatic nitrogens is 3. The maximum atomic E-state index is 6.49. The van der Waals surface area contributed by atoms with E-state index in [1.54, 1.807) is 6.20 Å². The van der Waals surface area contributed by atoms with Crippen LogP contribution in [0.5, 0.6) is 23.1 Å². The van der Waals surface area contributed by atoms with Crippen LogP contribution < -0.4 is 24.8 Å². The third-order valence-corrected chi connectivity index (χ3v) is 6.92. The van der Waals surface area contributed by atoms with Gasteiger partial charge in [0.2, 0.25) is 12.7 Å². The van der Waals surface area contributed by atoms with E-state index in [1.807, 2.05) is 30.3 Å². The normalized spacial score (nSPS) is 15.5. The quantitative estimate of drug-likeness (QED) is 0.403. The Bertz CT molecular complexity index is 1390. The van der Waals surface area contributed by atoms with Crippen molar-refractivity contribution >= 4 is 38.3 Å². The van der Waals surface area contributed by atoms with Gasteiger partial charge in [-0.3, -0.25) is 9.88 Å². The Labute approximate surface area is 210 Å². The van der Waals surface area contributed by atoms with Gasteiger partial charge in [0.25, 0.3) is 0 Å². The lowest BCUT2D eigenvalue weighted by Crippen LogP contribution is -2.46. The topological polar surface area (TPSA) is 98.9 Å². The molecule has 4 aromatic rings. The molecule has 1 fully saturated rings. The maximum absolute atomic E-state index is 6.49. The molecule has 2 aromatic heterocycles. The van der Waals surface area contributed by atoms with Crippen LogP contribution in [-0.4, -0.2) is 52.8 Å². The van der Waals surface area contributed by atoms with Gasteiger partial charge in [0.1, 0.15) is 17.5 Å². The summed E-state index contributed by atoms with van der Waals surface area (Å²) in [6.45, 7) is 4.51. The van der Waals surface area contributed by atoms with Crippen LogP contribution in [0.1, 0.15) is 5.56 Å². The van der Waals surface area contributed by atoms with Crippen molar-refractivity contribution in [3.8, 4) is 23.1 Å². The SMILES string of the molecule is Nc1c(Oc2ccc(Br)c3cccnc23)ncnc1N1CCN(Cc2ccc3c(c2)OCO3)CC1. The zero-order chi connectivity index (χ0) is 23.8. The van der Waals surface area contributed by atoms with Crippen LogP contribution in [-0.2, 0) is 6.54 Å². The van der Waals surface area contributed by atoms with Crippen LogP contribution in [0.2, 0.25) is 0 Å². The third-order valence-electron chi connectivity index (χ3n) is 6.23. The molecule has 178 valence electrons. The Hall–Kier alpha value is -3.63. The summed E-state index contributed by atoms with van der Waals surface area (Å²) in [5.41, 5.74) is 8.84. The smallest absolute Gasteiger partial charge is 0.248 e. The molecule has 0 bridgehead atoms. The summed E-state index contributed by atoms with van der Waals surface area (Å²) in [6.07, 6.45) is 3.23. The first kappa shape index (κ1) is 21.9. The summed E-state index contributed by atoms with van der Waals surface area (Å²) in [5.74, 6) is 3.23. The number of hydrogen-bond donors (Lipinski definition) is 1. The third kappa shape index (κ3) is 4.30. The minimum Gasteiger partial charge on any atom is -0.454 e. The van der Waals surface area contributed by atoms with Crippen molar-refractivity contribution in [1.29, 1.82) is 0 Å². The first-order valence-electron chi connectivity index (χ1n) is 11.3. The van der Waals surface area contributed by atoms with E-state index in [0.717, 1.165) is 59.6 Å². The van der Waals surface area contributed by atoms with Gasteiger partial charge in [0.15, 0.2) is 23.1 Å². The van der Waals surface area contributed by atoms with Gasteiger partial charge < -0.3 is 24.8 Å². The molecule has 2 N–H and O–H groups in total. The van der Waals surface area contributed by atoms with Gasteiger partial charge in [-0.2, -0.15) is 4.98 Å². The van der Waals surface area contributed by atoms with E-state index in [9.17, 15) is 0 Å². The molecule has 0 atom stereocenters. The molecule has 2 aliphatic heterocycles. The number of halogens is 1. The molecule has 10 heteroatoms. The number of hydrogen-bond acceptors (Lipinski definition) is 9. The monoisotopic (exact) mass is 534 g/mol. The predicted octanol–water partition coefficient (Wildman–Crippen LogP) is 4.21. The second-order valence-corrected chi connectivity index (χ2v) is 9.27. The van der Waals surface area contributed by atoms with Gasteiger partial charge in [-0.15, -0.1) is 0 Å². The fraction of sp³-hybridized carbons (Fsp3) is 0.240. The number of nitrogen functional groups attached to an aromatic ring is 1. The van der Waals surface area contributed by atoms with E-state index < -0.39 is 0 Å². The number of rotatable bonds is 5. The van der Waals surface area contributed by atoms with Crippen LogP contribution in [0.4, 0.5) is 11.5 Å². The van der Waals surface area contributed by atoms with Crippen molar-refractivity contribution in [2.45, 2.75) is 6.54 Å². The molecule has 4 heterocycles. The molecule has 2 aromatic carbocycles. The zero-order valence-corrected chi connectivity index (χ0v) is 20.4. The van der Waals surface area contributed by atoms with Crippen molar-refractivity contribution < 1.29 is 14.2 Å². The second-order valence-electron chi connectivity index (χ2n) is 8.41. The fourth-order valence-electron chi connectivity index (χ4n) is 4.42. The number of piperazine rings is 1. The van der Waals surface area contributed by atoms with E-state index in [0.29, 0.717) is 23.1 Å². The maximum Gasteiger partial charge on any atom is 0.248 e. The molecule has 0 radical (unpaired) electrons. The summed E-state index contributed by atoms with van der Waals surface area (Å²) >= 11 is 3.56. The molecular weight excluding hydrogens is 512 g/mol. The number of benzene rings is 2. The number of fused-ring (bicyclic) bond motifs is 2. The molecule has 0 saturated carbocycles. The number of ether oxygens (including phenoxy) is 3. The van der Waals surface area contributed by atoms with Gasteiger partial charge >= 0.3 is 0 Å². The van der Waals surface area contributed by atoms with Gasteiger partial charge in [0, 0.05) is 48.8 Å². The highest BCUT2D eigenvalue weighted by molar-refractivity contribution is 9.10. The minimum atomic E-state index is 0.290. The van der Waals surface area contributed by atoms with Crippen molar-refractivity contribution in [3.05, 3.63) is 65.0 Å². The van der Waals surface area contributed by atoms with Gasteiger partial charge in [-0.25, -0.2) is 4.98 Å². The fourth-order valence-corrected chi connectivity index (χ4v) is 4.87. The molecular formula is C25H23BrN6O3. The second kappa shape index (κ2) is 9.20. The summed E-state index contributed by atoms with van der Waals surface area (Å²) in [7, 11) is 0. The van der Waals surface area contributed by atoms with Crippen molar-refractivity contribution in [2.24, 2.45) is 0 Å². The summed E-state index contributed by atoms with van der Waals surface area (Å²) in [4.78, 5) is 17.8. The van der Waals surface area contributed by atoms with Crippen LogP contribution in [0.15, 0.2) is 59.5 Å². The minimum absolute atomic E-state index is 0.290. The highest BCUT2D eigenvalue weighted by Gasteiger charge is 2.23. The van der Waals surface area contributed by atoms with E-state index >= 15 is 0 Å². The van der Waals surface area contributed by atoms with Gasteiger partial charge in [-0.1, -0.05) is 28.1 Å². The van der Waals surface area contributed by atoms with E-state index in [-0.39, 0.29) is 6.79 Å². The van der Waals surface area contributed by atoms with Crippen molar-refractivity contribution in [2.75, 3.05) is 43.6 Å². The Morgan fingerprint density at radius 2 is 1.83 bits per heavy atom. The predicted molar refractivity (Wildman–Crippen MR) is 136 cm³/mol. The van der Waals surface area contributed by atoms with Gasteiger partial charge in [-0.05, 0) is 35.9 Å². The van der Waals surface area contributed by atoms with E-state index in [1.165, 1.54) is 11.9 Å². The lowest BCUT2D eigenvalue weighted by atomic mass is 10.1. The Balaban J connectivity index is 1.15. The highest BCUT2D eigenvalue weighted by Crippen LogP contribution is 2.37. The number of nitrogens with two attached hydrogens (primary N) is 1. The van der Waals surface area contributed by atoms with Crippen LogP contribution in [0.25, 0.3) is 10.9 Å². The van der Waals surface area contributed by atoms with E-state index in [2.05, 4.69) is 52.8 Å². The van der Waals surface area contributed by atoms with Crippen LogP contribution in [0.3, 0.4) is 0 Å². The first-order chi connectivity index (χ1) is 17.2. The summed E-state index contributed by atoms with van der Waals surface area (Å²) < 4.78 is 18.0. The lowest BCUT2D eigenvalue weighted by Gasteiger charge is -2.35. The lowest BCUT2D eigenvalue weighted by molar-refractivity contribution is 0.174. The van der Waals surface area contributed by atoms with Gasteiger partial charge in [0.05, 0.1) is 0 Å². The largest absolute Gasteiger partial charge is 0.454 e. The Morgan fingerprint density at radius 1 is 0.971 bits per heavy atom. The average molecular weight is 535 g/mol. The molecule has 0 unspecified atom stereocenters. The number of anilines is 2. The molecule has 2 aliphatic rings. The Kier molecular flexibility index (Phi) is 5.75. The molecule has 1 saturated heterocycles. The standard InChI is InChI=1S/C25H23BrN6O3/c26-18-4-6-20(23-17(18)2-1-7-28-23)35-25-22(27)24(29-14-30-25)32-10-8-31(9-11-32)13-16-3-5-19-21(12-16)34-15-33-19/h1-7,12,14H,8-11,13,15,27H2. The molecule has 6 rings (SSSR count). The molecule has 0 amide bonds. The van der Waals surface area contributed by atoms with Crippen LogP contribution >= 0.6 is 15.9 Å². The average Bonchev–Trinajstić information content (AvgIpc) is 3.36. The molecule has 0 aliphatic carbocycles. The summed E-state index contributed by atoms with van der Waals surface area (Å²) in [5, 5.41) is 0.955. The van der Waals surface area contributed by atoms with Crippen LogP contribution in [0, 0.1) is 0 Å². The number of pyridine rings is 1. The highest BCUT2D eigenvalue weighted by atomic mass is 79.9. The number of nitrogens with zero attached hydrogens (tertiary/aromatic N) is 5. The first-order valence-corrected chi connectivity index (χ1v) is 12.1. The van der Waals surface area contributed by atoms with E-state index in [4.69, 9.17) is 19.9 Å². The zero-order valence-electron chi connectivity index (χ0n) is 18.9. The molecule has 0 spiro atoms. The van der Waals surface area contributed by atoms with Crippen molar-refractivity contribution in [1.82, 2.24) is 19.9 Å². The Morgan fingerprint density at radius 3 is 2.71 bits per heavy atom. The van der Waals surface area contributed by atoms with Crippen molar-refractivity contribution in [3.63, 3.8) is 0 Å². The molecule has 9 nitrogen and oxygen atoms in total.